The fourth-order valence-electron chi connectivity index (χ4n) is 3.29. The van der Waals surface area contributed by atoms with Crippen LogP contribution in [0.1, 0.15) is 39.5 Å². The van der Waals surface area contributed by atoms with Crippen LogP contribution in [0.5, 0.6) is 0 Å². The lowest BCUT2D eigenvalue weighted by Crippen LogP contribution is -2.31. The lowest BCUT2D eigenvalue weighted by molar-refractivity contribution is 0.229. The number of aromatic nitrogens is 1. The van der Waals surface area contributed by atoms with E-state index in [-0.39, 0.29) is 0 Å². The van der Waals surface area contributed by atoms with Gasteiger partial charge in [-0.1, -0.05) is 32.4 Å². The predicted molar refractivity (Wildman–Crippen MR) is 81.4 cm³/mol. The van der Waals surface area contributed by atoms with Crippen molar-refractivity contribution in [3.05, 3.63) is 36.7 Å². The molecule has 0 saturated heterocycles. The molecule has 1 N–H and O–H groups in total. The summed E-state index contributed by atoms with van der Waals surface area (Å²) >= 11 is 0. The van der Waals surface area contributed by atoms with Gasteiger partial charge in [-0.05, 0) is 36.8 Å². The highest BCUT2D eigenvalue weighted by Crippen LogP contribution is 2.37. The minimum absolute atomic E-state index is 0.474. The molecular weight excluding hydrogens is 232 g/mol. The molecule has 0 radical (unpaired) electrons. The highest BCUT2D eigenvalue weighted by Gasteiger charge is 2.27. The highest BCUT2D eigenvalue weighted by molar-refractivity contribution is 5.93. The largest absolute Gasteiger partial charge is 0.382 e. The van der Waals surface area contributed by atoms with Gasteiger partial charge in [0.25, 0.3) is 0 Å². The van der Waals surface area contributed by atoms with Crippen molar-refractivity contribution in [2.24, 2.45) is 5.41 Å². The Hall–Kier alpha value is -1.57. The number of pyridine rings is 1. The number of anilines is 1. The maximum atomic E-state index is 4.20. The molecule has 1 atom stereocenters. The summed E-state index contributed by atoms with van der Waals surface area (Å²) in [5, 5.41) is 6.24. The maximum absolute atomic E-state index is 4.20. The van der Waals surface area contributed by atoms with Gasteiger partial charge in [0.2, 0.25) is 0 Å². The summed E-state index contributed by atoms with van der Waals surface area (Å²) in [5.41, 5.74) is 1.73. The summed E-state index contributed by atoms with van der Waals surface area (Å²) in [4.78, 5) is 4.20. The minimum Gasteiger partial charge on any atom is -0.382 e. The second-order valence-corrected chi connectivity index (χ2v) is 6.50. The average Bonchev–Trinajstić information content (AvgIpc) is 2.38. The van der Waals surface area contributed by atoms with Crippen LogP contribution in [0.2, 0.25) is 0 Å². The molecule has 1 aromatic heterocycles. The molecule has 0 bridgehead atoms. The van der Waals surface area contributed by atoms with Crippen LogP contribution in [0, 0.1) is 5.41 Å². The van der Waals surface area contributed by atoms with Gasteiger partial charge < -0.3 is 5.32 Å². The van der Waals surface area contributed by atoms with E-state index < -0.39 is 0 Å². The Morgan fingerprint density at radius 1 is 1.26 bits per heavy atom. The van der Waals surface area contributed by atoms with Crippen LogP contribution in [0.25, 0.3) is 10.8 Å². The van der Waals surface area contributed by atoms with Gasteiger partial charge in [0.15, 0.2) is 0 Å². The van der Waals surface area contributed by atoms with Crippen molar-refractivity contribution in [2.75, 3.05) is 5.32 Å². The monoisotopic (exact) mass is 254 g/mol. The third-order valence-electron chi connectivity index (χ3n) is 4.25. The van der Waals surface area contributed by atoms with E-state index in [1.807, 2.05) is 12.4 Å². The van der Waals surface area contributed by atoms with E-state index in [2.05, 4.69) is 48.4 Å². The molecule has 0 spiro atoms. The molecule has 1 heterocycles. The molecule has 0 aliphatic heterocycles. The number of hydrogen-bond acceptors (Lipinski definition) is 2. The van der Waals surface area contributed by atoms with E-state index >= 15 is 0 Å². The van der Waals surface area contributed by atoms with Crippen LogP contribution >= 0.6 is 0 Å². The van der Waals surface area contributed by atoms with Crippen molar-refractivity contribution in [1.82, 2.24) is 4.98 Å². The third kappa shape index (κ3) is 2.73. The summed E-state index contributed by atoms with van der Waals surface area (Å²) in [5.74, 6) is 0. The molecule has 1 saturated carbocycles. The van der Waals surface area contributed by atoms with Crippen LogP contribution in [0.3, 0.4) is 0 Å². The molecule has 100 valence electrons. The molecule has 2 aromatic rings. The third-order valence-corrected chi connectivity index (χ3v) is 4.25. The van der Waals surface area contributed by atoms with Gasteiger partial charge in [0, 0.05) is 34.9 Å². The van der Waals surface area contributed by atoms with E-state index in [9.17, 15) is 0 Å². The number of nitrogens with one attached hydrogen (secondary N) is 1. The van der Waals surface area contributed by atoms with Crippen molar-refractivity contribution in [1.29, 1.82) is 0 Å². The first-order valence-electron chi connectivity index (χ1n) is 7.23. The Balaban J connectivity index is 1.85. The highest BCUT2D eigenvalue weighted by atomic mass is 14.9. The molecule has 1 unspecified atom stereocenters. The topological polar surface area (TPSA) is 24.9 Å². The Labute approximate surface area is 115 Å². The van der Waals surface area contributed by atoms with Crippen LogP contribution in [0.4, 0.5) is 5.69 Å². The van der Waals surface area contributed by atoms with Gasteiger partial charge in [-0.3, -0.25) is 4.98 Å². The van der Waals surface area contributed by atoms with E-state index in [1.165, 1.54) is 42.1 Å². The van der Waals surface area contributed by atoms with Crippen LogP contribution < -0.4 is 5.32 Å². The molecule has 2 heteroatoms. The second-order valence-electron chi connectivity index (χ2n) is 6.50. The Bertz CT molecular complexity index is 569. The number of benzene rings is 1. The van der Waals surface area contributed by atoms with Gasteiger partial charge in [-0.15, -0.1) is 0 Å². The number of fused-ring (bicyclic) bond motifs is 1. The molecule has 0 amide bonds. The van der Waals surface area contributed by atoms with Crippen LogP contribution in [-0.2, 0) is 0 Å². The zero-order chi connectivity index (χ0) is 13.3. The molecule has 2 nitrogen and oxygen atoms in total. The quantitative estimate of drug-likeness (QED) is 0.846. The fraction of sp³-hybridized carbons (Fsp3) is 0.471. The summed E-state index contributed by atoms with van der Waals surface area (Å²) in [6.07, 6.45) is 9.03. The Kier molecular flexibility index (Phi) is 3.17. The summed E-state index contributed by atoms with van der Waals surface area (Å²) in [7, 11) is 0. The summed E-state index contributed by atoms with van der Waals surface area (Å²) in [6.45, 7) is 4.77. The first-order chi connectivity index (χ1) is 9.14. The predicted octanol–water partition coefficient (Wildman–Crippen LogP) is 4.62. The van der Waals surface area contributed by atoms with Gasteiger partial charge in [0.1, 0.15) is 0 Å². The van der Waals surface area contributed by atoms with Gasteiger partial charge in [0.05, 0.1) is 0 Å². The average molecular weight is 254 g/mol. The zero-order valence-electron chi connectivity index (χ0n) is 11.8. The van der Waals surface area contributed by atoms with Crippen molar-refractivity contribution in [3.8, 4) is 0 Å². The lowest BCUT2D eigenvalue weighted by Gasteiger charge is -2.36. The minimum atomic E-state index is 0.474. The first-order valence-corrected chi connectivity index (χ1v) is 7.23. The van der Waals surface area contributed by atoms with E-state index in [0.29, 0.717) is 11.5 Å². The molecular formula is C17H22N2. The molecule has 1 fully saturated rings. The van der Waals surface area contributed by atoms with E-state index in [0.717, 1.165) is 0 Å². The SMILES string of the molecule is CC1(C)CCCC(Nc2cccc3cnccc23)C1. The van der Waals surface area contributed by atoms with E-state index in [4.69, 9.17) is 0 Å². The summed E-state index contributed by atoms with van der Waals surface area (Å²) in [6, 6.07) is 9.12. The first kappa shape index (κ1) is 12.5. The van der Waals surface area contributed by atoms with Gasteiger partial charge in [-0.2, -0.15) is 0 Å². The Morgan fingerprint density at radius 3 is 3.00 bits per heavy atom. The second kappa shape index (κ2) is 4.84. The smallest absolute Gasteiger partial charge is 0.0423 e. The summed E-state index contributed by atoms with van der Waals surface area (Å²) < 4.78 is 0. The van der Waals surface area contributed by atoms with Crippen molar-refractivity contribution < 1.29 is 0 Å². The number of hydrogen-bond donors (Lipinski definition) is 1. The van der Waals surface area contributed by atoms with Gasteiger partial charge >= 0.3 is 0 Å². The molecule has 1 aliphatic carbocycles. The molecule has 19 heavy (non-hydrogen) atoms. The fourth-order valence-corrected chi connectivity index (χ4v) is 3.29. The van der Waals surface area contributed by atoms with Gasteiger partial charge in [-0.25, -0.2) is 0 Å². The lowest BCUT2D eigenvalue weighted by atomic mass is 9.75. The van der Waals surface area contributed by atoms with Crippen molar-refractivity contribution in [2.45, 2.75) is 45.6 Å². The number of rotatable bonds is 2. The Morgan fingerprint density at radius 2 is 2.16 bits per heavy atom. The van der Waals surface area contributed by atoms with Crippen LogP contribution in [0.15, 0.2) is 36.7 Å². The van der Waals surface area contributed by atoms with Crippen molar-refractivity contribution in [3.63, 3.8) is 0 Å². The molecule has 1 aromatic carbocycles. The number of nitrogens with zero attached hydrogens (tertiary/aromatic N) is 1. The normalized spacial score (nSPS) is 22.3. The van der Waals surface area contributed by atoms with E-state index in [1.54, 1.807) is 0 Å². The van der Waals surface area contributed by atoms with Crippen LogP contribution in [-0.4, -0.2) is 11.0 Å². The molecule has 1 aliphatic rings. The standard InChI is InChI=1S/C17H22N2/c1-17(2)9-4-6-14(11-17)19-16-7-3-5-13-12-18-10-8-15(13)16/h3,5,7-8,10,12,14,19H,4,6,9,11H2,1-2H3. The molecule has 3 rings (SSSR count). The zero-order valence-corrected chi connectivity index (χ0v) is 11.8. The van der Waals surface area contributed by atoms with Crippen molar-refractivity contribution >= 4 is 16.5 Å². The maximum Gasteiger partial charge on any atom is 0.0423 e.